The van der Waals surface area contributed by atoms with Gasteiger partial charge in [0.15, 0.2) is 5.82 Å². The summed E-state index contributed by atoms with van der Waals surface area (Å²) in [6, 6.07) is 11.7. The molecule has 4 nitrogen and oxygen atoms in total. The van der Waals surface area contributed by atoms with Gasteiger partial charge in [0.2, 0.25) is 0 Å². The number of ether oxygens (including phenoxy) is 1. The van der Waals surface area contributed by atoms with E-state index >= 15 is 0 Å². The first-order valence-electron chi connectivity index (χ1n) is 7.00. The fraction of sp³-hybridized carbons (Fsp3) is 0.375. The van der Waals surface area contributed by atoms with E-state index in [4.69, 9.17) is 4.74 Å². The molecule has 0 radical (unpaired) electrons. The van der Waals surface area contributed by atoms with E-state index in [-0.39, 0.29) is 12.4 Å². The zero-order chi connectivity index (χ0) is 14.4. The molecule has 2 rings (SSSR count). The van der Waals surface area contributed by atoms with Crippen LogP contribution in [0.2, 0.25) is 0 Å². The summed E-state index contributed by atoms with van der Waals surface area (Å²) in [6.45, 7) is 8.50. The first-order valence-corrected chi connectivity index (χ1v) is 7.00. The molecule has 0 aliphatic heterocycles. The smallest absolute Gasteiger partial charge is 0.168 e. The SMILES string of the molecule is CCN(CC)c1cc(C)nc(COc2ccccc2)n1.Cl. The molecule has 5 heteroatoms. The molecule has 21 heavy (non-hydrogen) atoms. The molecule has 1 aromatic heterocycles. The van der Waals surface area contributed by atoms with Gasteiger partial charge in [0.1, 0.15) is 18.2 Å². The highest BCUT2D eigenvalue weighted by molar-refractivity contribution is 5.85. The summed E-state index contributed by atoms with van der Waals surface area (Å²) >= 11 is 0. The predicted molar refractivity (Wildman–Crippen MR) is 88.4 cm³/mol. The van der Waals surface area contributed by atoms with E-state index < -0.39 is 0 Å². The quantitative estimate of drug-likeness (QED) is 0.817. The van der Waals surface area contributed by atoms with Gasteiger partial charge in [0, 0.05) is 24.8 Å². The van der Waals surface area contributed by atoms with Gasteiger partial charge in [0.05, 0.1) is 0 Å². The van der Waals surface area contributed by atoms with E-state index in [2.05, 4.69) is 28.7 Å². The molecule has 0 unspecified atom stereocenters. The van der Waals surface area contributed by atoms with Gasteiger partial charge in [-0.05, 0) is 32.9 Å². The van der Waals surface area contributed by atoms with E-state index in [0.717, 1.165) is 36.2 Å². The molecule has 0 fully saturated rings. The summed E-state index contributed by atoms with van der Waals surface area (Å²) in [4.78, 5) is 11.2. The molecule has 0 spiro atoms. The minimum atomic E-state index is 0. The summed E-state index contributed by atoms with van der Waals surface area (Å²) in [6.07, 6.45) is 0. The third-order valence-corrected chi connectivity index (χ3v) is 3.09. The van der Waals surface area contributed by atoms with Crippen LogP contribution in [0.1, 0.15) is 25.4 Å². The van der Waals surface area contributed by atoms with Crippen molar-refractivity contribution in [3.8, 4) is 5.75 Å². The lowest BCUT2D eigenvalue weighted by Crippen LogP contribution is -2.24. The van der Waals surface area contributed by atoms with Gasteiger partial charge in [-0.3, -0.25) is 0 Å². The van der Waals surface area contributed by atoms with Crippen LogP contribution >= 0.6 is 12.4 Å². The molecule has 0 aliphatic rings. The Morgan fingerprint density at radius 1 is 1.05 bits per heavy atom. The Labute approximate surface area is 132 Å². The highest BCUT2D eigenvalue weighted by Gasteiger charge is 2.08. The van der Waals surface area contributed by atoms with Crippen LogP contribution in [0.3, 0.4) is 0 Å². The molecule has 114 valence electrons. The van der Waals surface area contributed by atoms with E-state index in [9.17, 15) is 0 Å². The van der Waals surface area contributed by atoms with E-state index in [0.29, 0.717) is 6.61 Å². The van der Waals surface area contributed by atoms with Gasteiger partial charge in [-0.25, -0.2) is 9.97 Å². The number of para-hydroxylation sites is 1. The van der Waals surface area contributed by atoms with Crippen molar-refractivity contribution in [3.63, 3.8) is 0 Å². The number of rotatable bonds is 6. The second-order valence-corrected chi connectivity index (χ2v) is 4.56. The number of aromatic nitrogens is 2. The van der Waals surface area contributed by atoms with Crippen molar-refractivity contribution in [1.82, 2.24) is 9.97 Å². The Morgan fingerprint density at radius 3 is 2.33 bits per heavy atom. The number of nitrogens with zero attached hydrogens (tertiary/aromatic N) is 3. The van der Waals surface area contributed by atoms with Crippen LogP contribution in [-0.4, -0.2) is 23.1 Å². The van der Waals surface area contributed by atoms with Crippen LogP contribution in [0.4, 0.5) is 5.82 Å². The molecule has 0 N–H and O–H groups in total. The second kappa shape index (κ2) is 8.47. The van der Waals surface area contributed by atoms with Crippen molar-refractivity contribution in [2.75, 3.05) is 18.0 Å². The molecule has 0 saturated carbocycles. The zero-order valence-corrected chi connectivity index (χ0v) is 13.6. The van der Waals surface area contributed by atoms with Gasteiger partial charge in [-0.15, -0.1) is 12.4 Å². The molecule has 2 aromatic rings. The summed E-state index contributed by atoms with van der Waals surface area (Å²) in [7, 11) is 0. The van der Waals surface area contributed by atoms with Crippen molar-refractivity contribution < 1.29 is 4.74 Å². The van der Waals surface area contributed by atoms with Gasteiger partial charge < -0.3 is 9.64 Å². The van der Waals surface area contributed by atoms with Crippen LogP contribution in [0.15, 0.2) is 36.4 Å². The van der Waals surface area contributed by atoms with Crippen molar-refractivity contribution >= 4 is 18.2 Å². The third-order valence-electron chi connectivity index (χ3n) is 3.09. The van der Waals surface area contributed by atoms with E-state index in [1.807, 2.05) is 43.3 Å². The van der Waals surface area contributed by atoms with Crippen molar-refractivity contribution in [1.29, 1.82) is 0 Å². The van der Waals surface area contributed by atoms with Crippen LogP contribution in [0, 0.1) is 6.92 Å². The Bertz CT molecular complexity index is 544. The minimum absolute atomic E-state index is 0. The summed E-state index contributed by atoms with van der Waals surface area (Å²) in [5.41, 5.74) is 0.966. The first-order chi connectivity index (χ1) is 9.72. The number of hydrogen-bond donors (Lipinski definition) is 0. The van der Waals surface area contributed by atoms with Crippen molar-refractivity contribution in [2.45, 2.75) is 27.4 Å². The highest BCUT2D eigenvalue weighted by Crippen LogP contribution is 2.14. The Balaban J connectivity index is 0.00000220. The molecule has 1 aromatic carbocycles. The second-order valence-electron chi connectivity index (χ2n) is 4.56. The highest BCUT2D eigenvalue weighted by atomic mass is 35.5. The maximum atomic E-state index is 5.71. The first kappa shape index (κ1) is 17.2. The Kier molecular flexibility index (Phi) is 6.96. The van der Waals surface area contributed by atoms with E-state index in [1.54, 1.807) is 0 Å². The van der Waals surface area contributed by atoms with Gasteiger partial charge in [-0.1, -0.05) is 18.2 Å². The molecule has 0 aliphatic carbocycles. The lowest BCUT2D eigenvalue weighted by molar-refractivity contribution is 0.295. The molecule has 0 atom stereocenters. The molecule has 0 bridgehead atoms. The van der Waals surface area contributed by atoms with Crippen LogP contribution in [0.5, 0.6) is 5.75 Å². The van der Waals surface area contributed by atoms with Gasteiger partial charge in [-0.2, -0.15) is 0 Å². The monoisotopic (exact) mass is 307 g/mol. The van der Waals surface area contributed by atoms with Gasteiger partial charge >= 0.3 is 0 Å². The minimum Gasteiger partial charge on any atom is -0.486 e. The summed E-state index contributed by atoms with van der Waals surface area (Å²) in [5, 5.41) is 0. The number of aryl methyl sites for hydroxylation is 1. The normalized spacial score (nSPS) is 9.86. The predicted octanol–water partition coefficient (Wildman–Crippen LogP) is 3.63. The molecule has 0 saturated heterocycles. The van der Waals surface area contributed by atoms with Crippen LogP contribution in [-0.2, 0) is 6.61 Å². The van der Waals surface area contributed by atoms with Crippen molar-refractivity contribution in [3.05, 3.63) is 47.9 Å². The van der Waals surface area contributed by atoms with Gasteiger partial charge in [0.25, 0.3) is 0 Å². The molecular weight excluding hydrogens is 286 g/mol. The molecular formula is C16H22ClN3O. The van der Waals surface area contributed by atoms with Crippen molar-refractivity contribution in [2.24, 2.45) is 0 Å². The number of anilines is 1. The molecule has 1 heterocycles. The fourth-order valence-electron chi connectivity index (χ4n) is 2.05. The van der Waals surface area contributed by atoms with Crippen LogP contribution in [0.25, 0.3) is 0 Å². The Hall–Kier alpha value is -1.81. The van der Waals surface area contributed by atoms with E-state index in [1.165, 1.54) is 0 Å². The fourth-order valence-corrected chi connectivity index (χ4v) is 2.05. The number of benzene rings is 1. The topological polar surface area (TPSA) is 38.2 Å². The molecule has 0 amide bonds. The lowest BCUT2D eigenvalue weighted by Gasteiger charge is -2.20. The number of halogens is 1. The average Bonchev–Trinajstić information content (AvgIpc) is 2.47. The third kappa shape index (κ3) is 4.90. The maximum absolute atomic E-state index is 5.71. The lowest BCUT2D eigenvalue weighted by atomic mass is 10.3. The standard InChI is InChI=1S/C16H21N3O.ClH/c1-4-19(5-2)16-11-13(3)17-15(18-16)12-20-14-9-7-6-8-10-14;/h6-11H,4-5,12H2,1-3H3;1H. The van der Waals surface area contributed by atoms with Crippen LogP contribution < -0.4 is 9.64 Å². The maximum Gasteiger partial charge on any atom is 0.168 e. The largest absolute Gasteiger partial charge is 0.486 e. The summed E-state index contributed by atoms with van der Waals surface area (Å²) < 4.78 is 5.71. The number of hydrogen-bond acceptors (Lipinski definition) is 4. The average molecular weight is 308 g/mol. The summed E-state index contributed by atoms with van der Waals surface area (Å²) in [5.74, 6) is 2.52. The Morgan fingerprint density at radius 2 is 1.71 bits per heavy atom. The zero-order valence-electron chi connectivity index (χ0n) is 12.7.